The van der Waals surface area contributed by atoms with Crippen molar-refractivity contribution in [1.82, 2.24) is 5.32 Å². The molecule has 2 N–H and O–H groups in total. The van der Waals surface area contributed by atoms with Crippen LogP contribution in [0.4, 0.5) is 4.79 Å². The minimum absolute atomic E-state index is 0.0214. The van der Waals surface area contributed by atoms with Gasteiger partial charge in [0.05, 0.1) is 17.4 Å². The van der Waals surface area contributed by atoms with Gasteiger partial charge in [0.15, 0.2) is 0 Å². The Morgan fingerprint density at radius 1 is 0.898 bits per heavy atom. The molecule has 8 atom stereocenters. The minimum Gasteiger partial charge on any atom is -0.481 e. The molecule has 0 bridgehead atoms. The summed E-state index contributed by atoms with van der Waals surface area (Å²) in [4.78, 5) is 52.1. The van der Waals surface area contributed by atoms with Gasteiger partial charge in [0.1, 0.15) is 18.0 Å². The Kier molecular flexibility index (Phi) is 9.00. The molecule has 0 radical (unpaired) electrons. The molecule has 0 spiro atoms. The lowest BCUT2D eigenvalue weighted by Crippen LogP contribution is -2.65. The zero-order valence-electron chi connectivity index (χ0n) is 31.8. The molecule has 6 aliphatic carbocycles. The third-order valence-electron chi connectivity index (χ3n) is 15.6. The fraction of sp³-hybridized carbons (Fsp3) is 0.854. The van der Waals surface area contributed by atoms with Gasteiger partial charge in [0.25, 0.3) is 0 Å². The number of carbonyl (C=O) groups is 4. The zero-order valence-corrected chi connectivity index (χ0v) is 31.8. The molecule has 49 heavy (non-hydrogen) atoms. The van der Waals surface area contributed by atoms with E-state index >= 15 is 0 Å². The normalized spacial score (nSPS) is 40.2. The molecule has 0 heterocycles. The Balaban J connectivity index is 1.30. The number of carbonyl (C=O) groups excluding carboxylic acids is 3. The Hall–Kier alpha value is -2.38. The number of carboxylic acid groups (broad SMARTS) is 1. The maximum absolute atomic E-state index is 13.9. The molecule has 0 aromatic rings. The molecule has 0 saturated heterocycles. The van der Waals surface area contributed by atoms with E-state index in [2.05, 4.69) is 53.8 Å². The number of amides is 1. The monoisotopic (exact) mass is 681 g/mol. The van der Waals surface area contributed by atoms with Crippen LogP contribution >= 0.6 is 0 Å². The first-order valence-corrected chi connectivity index (χ1v) is 19.4. The summed E-state index contributed by atoms with van der Waals surface area (Å²) in [5, 5.41) is 12.9. The molecule has 0 aromatic carbocycles. The average molecular weight is 682 g/mol. The quantitative estimate of drug-likeness (QED) is 0.204. The maximum atomic E-state index is 13.9. The van der Waals surface area contributed by atoms with Crippen LogP contribution in [0.25, 0.3) is 0 Å². The number of Topliss-reactive ketones (excluding diaryl/α,β-unsaturated/α-hetero) is 1. The van der Waals surface area contributed by atoms with Crippen molar-refractivity contribution in [2.24, 2.45) is 50.7 Å². The second kappa shape index (κ2) is 12.1. The van der Waals surface area contributed by atoms with Gasteiger partial charge in [-0.3, -0.25) is 14.4 Å². The smallest absolute Gasteiger partial charge is 0.408 e. The van der Waals surface area contributed by atoms with Crippen molar-refractivity contribution in [2.75, 3.05) is 0 Å². The topological polar surface area (TPSA) is 119 Å². The van der Waals surface area contributed by atoms with Crippen molar-refractivity contribution in [2.45, 2.75) is 170 Å². The maximum Gasteiger partial charge on any atom is 0.408 e. The molecule has 5 saturated carbocycles. The van der Waals surface area contributed by atoms with Gasteiger partial charge in [0, 0.05) is 17.8 Å². The number of esters is 1. The van der Waals surface area contributed by atoms with E-state index in [0.29, 0.717) is 18.3 Å². The third-order valence-corrected chi connectivity index (χ3v) is 15.6. The number of alkyl carbamates (subject to hydrolysis) is 1. The largest absolute Gasteiger partial charge is 0.481 e. The summed E-state index contributed by atoms with van der Waals surface area (Å²) >= 11 is 0. The van der Waals surface area contributed by atoms with Crippen molar-refractivity contribution < 1.29 is 33.8 Å². The predicted molar refractivity (Wildman–Crippen MR) is 188 cm³/mol. The molecule has 274 valence electrons. The summed E-state index contributed by atoms with van der Waals surface area (Å²) in [6.07, 6.45) is 11.2. The van der Waals surface area contributed by atoms with Gasteiger partial charge in [-0.25, -0.2) is 4.79 Å². The minimum atomic E-state index is -1.16. The first-order valence-electron chi connectivity index (χ1n) is 19.4. The van der Waals surface area contributed by atoms with Crippen LogP contribution in [0.15, 0.2) is 11.1 Å². The summed E-state index contributed by atoms with van der Waals surface area (Å²) < 4.78 is 12.1. The Morgan fingerprint density at radius 3 is 2.20 bits per heavy atom. The van der Waals surface area contributed by atoms with Gasteiger partial charge < -0.3 is 19.9 Å². The number of ether oxygens (including phenoxy) is 2. The number of rotatable bonds is 7. The van der Waals surface area contributed by atoms with Gasteiger partial charge in [-0.15, -0.1) is 0 Å². The highest BCUT2D eigenvalue weighted by Gasteiger charge is 2.69. The summed E-state index contributed by atoms with van der Waals surface area (Å²) in [6, 6.07) is 0. The number of aliphatic carboxylic acids is 1. The molecule has 1 amide bonds. The number of nitrogens with one attached hydrogen (secondary N) is 1. The van der Waals surface area contributed by atoms with Crippen LogP contribution in [0.3, 0.4) is 0 Å². The van der Waals surface area contributed by atoms with Gasteiger partial charge in [-0.1, -0.05) is 54.0 Å². The summed E-state index contributed by atoms with van der Waals surface area (Å²) in [5.74, 6) is -0.346. The standard InChI is InChI=1S/C41H63NO7/c1-24(2)32-27(43)22-41(42-35(47)48-25-12-10-11-13-25)21-20-39(8)26(33(32)41)14-15-29-38(7)18-17-30(49-31(44)23-36(3,4)34(45)46)37(5,6)28(38)16-19-40(29,39)9/h24-25,28-30,32H,10-23H2,1-9H3,(H,42,47)(H,45,46)/t28?,29?,30-,32?,38-,39+,40+,41+/m0/s1. The van der Waals surface area contributed by atoms with Crippen molar-refractivity contribution in [3.05, 3.63) is 11.1 Å². The third kappa shape index (κ3) is 5.59. The molecule has 6 rings (SSSR count). The van der Waals surface area contributed by atoms with E-state index in [1.165, 1.54) is 11.1 Å². The fourth-order valence-corrected chi connectivity index (χ4v) is 12.8. The molecule has 6 aliphatic rings. The number of allylic oxidation sites excluding steroid dienone is 1. The number of fused-ring (bicyclic) bond motifs is 6. The van der Waals surface area contributed by atoms with E-state index in [1.54, 1.807) is 13.8 Å². The van der Waals surface area contributed by atoms with E-state index < -0.39 is 22.9 Å². The molecule has 0 aromatic heterocycles. The van der Waals surface area contributed by atoms with Crippen LogP contribution in [-0.2, 0) is 23.9 Å². The molecule has 8 heteroatoms. The SMILES string of the molecule is CC(C)C1C(=O)C[C@]2(NC(=O)OC3CCCC3)CC[C@]3(C)C(=C12)CCC1[C@@]2(C)CC[C@H](OC(=O)CC(C)(C)C(=O)O)C(C)(C)C2CC[C@]13C. The first-order chi connectivity index (χ1) is 22.7. The van der Waals surface area contributed by atoms with E-state index in [-0.39, 0.29) is 64.0 Å². The summed E-state index contributed by atoms with van der Waals surface area (Å²) in [5.41, 5.74) is 0.580. The highest BCUT2D eigenvalue weighted by atomic mass is 16.6. The Labute approximate surface area is 294 Å². The van der Waals surface area contributed by atoms with Crippen molar-refractivity contribution in [3.63, 3.8) is 0 Å². The lowest BCUT2D eigenvalue weighted by atomic mass is 9.34. The molecular weight excluding hydrogens is 618 g/mol. The van der Waals surface area contributed by atoms with E-state index in [1.807, 2.05) is 0 Å². The van der Waals surface area contributed by atoms with E-state index in [0.717, 1.165) is 77.0 Å². The fourth-order valence-electron chi connectivity index (χ4n) is 12.8. The lowest BCUT2D eigenvalue weighted by Gasteiger charge is -2.70. The Bertz CT molecular complexity index is 1420. The number of hydrogen-bond acceptors (Lipinski definition) is 6. The first kappa shape index (κ1) is 36.4. The number of carboxylic acids is 1. The van der Waals surface area contributed by atoms with Crippen LogP contribution < -0.4 is 5.32 Å². The number of ketones is 1. The second-order valence-electron chi connectivity index (χ2n) is 19.4. The number of hydrogen-bond donors (Lipinski definition) is 2. The van der Waals surface area contributed by atoms with Crippen molar-refractivity contribution in [1.29, 1.82) is 0 Å². The van der Waals surface area contributed by atoms with Crippen molar-refractivity contribution >= 4 is 23.8 Å². The average Bonchev–Trinajstić information content (AvgIpc) is 3.59. The second-order valence-corrected chi connectivity index (χ2v) is 19.4. The van der Waals surface area contributed by atoms with Crippen LogP contribution in [0.1, 0.15) is 152 Å². The Morgan fingerprint density at radius 2 is 1.57 bits per heavy atom. The highest BCUT2D eigenvalue weighted by Crippen LogP contribution is 2.75. The van der Waals surface area contributed by atoms with Crippen LogP contribution in [0.5, 0.6) is 0 Å². The zero-order chi connectivity index (χ0) is 35.9. The predicted octanol–water partition coefficient (Wildman–Crippen LogP) is 8.80. The highest BCUT2D eigenvalue weighted by molar-refractivity contribution is 5.92. The molecule has 5 fully saturated rings. The van der Waals surface area contributed by atoms with Gasteiger partial charge in [0.2, 0.25) is 0 Å². The lowest BCUT2D eigenvalue weighted by molar-refractivity contribution is -0.214. The summed E-state index contributed by atoms with van der Waals surface area (Å²) in [7, 11) is 0. The molecule has 0 aliphatic heterocycles. The van der Waals surface area contributed by atoms with Gasteiger partial charge in [-0.05, 0) is 130 Å². The molecule has 3 unspecified atom stereocenters. The van der Waals surface area contributed by atoms with Crippen LogP contribution in [0.2, 0.25) is 0 Å². The molecule has 8 nitrogen and oxygen atoms in total. The summed E-state index contributed by atoms with van der Waals surface area (Å²) in [6.45, 7) is 19.5. The van der Waals surface area contributed by atoms with Crippen LogP contribution in [0, 0.1) is 50.7 Å². The van der Waals surface area contributed by atoms with Gasteiger partial charge >= 0.3 is 18.0 Å². The van der Waals surface area contributed by atoms with Crippen molar-refractivity contribution in [3.8, 4) is 0 Å². The molecular formula is C41H63NO7. The van der Waals surface area contributed by atoms with Gasteiger partial charge in [-0.2, -0.15) is 0 Å². The van der Waals surface area contributed by atoms with Crippen LogP contribution in [-0.4, -0.2) is 46.7 Å². The van der Waals surface area contributed by atoms with E-state index in [4.69, 9.17) is 9.47 Å². The van der Waals surface area contributed by atoms with E-state index in [9.17, 15) is 24.3 Å².